The van der Waals surface area contributed by atoms with E-state index >= 15 is 0 Å². The highest BCUT2D eigenvalue weighted by atomic mass is 19.1. The molecule has 1 saturated heterocycles. The van der Waals surface area contributed by atoms with Crippen molar-refractivity contribution < 1.29 is 14.0 Å². The number of aromatic nitrogens is 2. The van der Waals surface area contributed by atoms with Crippen molar-refractivity contribution in [2.75, 3.05) is 24.5 Å². The summed E-state index contributed by atoms with van der Waals surface area (Å²) in [6.45, 7) is 3.87. The Morgan fingerprint density at radius 2 is 1.88 bits per heavy atom. The van der Waals surface area contributed by atoms with Crippen LogP contribution in [0.2, 0.25) is 0 Å². The minimum atomic E-state index is -0.263. The van der Waals surface area contributed by atoms with Crippen LogP contribution in [-0.2, 0) is 22.4 Å². The predicted molar refractivity (Wildman–Crippen MR) is 119 cm³/mol. The number of halogens is 1. The Bertz CT molecular complexity index is 1030. The molecule has 0 spiro atoms. The van der Waals surface area contributed by atoms with Gasteiger partial charge in [-0.25, -0.2) is 14.4 Å². The lowest BCUT2D eigenvalue weighted by Gasteiger charge is -2.21. The number of carbonyl (C=O) groups excluding carboxylic acids is 2. The van der Waals surface area contributed by atoms with Crippen LogP contribution in [-0.4, -0.2) is 46.3 Å². The number of nitrogens with zero attached hydrogens (tertiary/aromatic N) is 4. The summed E-state index contributed by atoms with van der Waals surface area (Å²) in [7, 11) is 0. The summed E-state index contributed by atoms with van der Waals surface area (Å²) in [6.07, 6.45) is 6.16. The van der Waals surface area contributed by atoms with Crippen LogP contribution in [0.4, 0.5) is 10.2 Å². The molecule has 32 heavy (non-hydrogen) atoms. The molecule has 1 aliphatic carbocycles. The maximum atomic E-state index is 13.2. The maximum Gasteiger partial charge on any atom is 0.232 e. The maximum absolute atomic E-state index is 13.2. The molecular weight excluding hydrogens is 407 g/mol. The van der Waals surface area contributed by atoms with E-state index < -0.39 is 0 Å². The van der Waals surface area contributed by atoms with Crippen LogP contribution in [0.25, 0.3) is 0 Å². The van der Waals surface area contributed by atoms with Gasteiger partial charge in [0.1, 0.15) is 17.5 Å². The predicted octanol–water partition coefficient (Wildman–Crippen LogP) is 3.56. The third kappa shape index (κ3) is 4.00. The van der Waals surface area contributed by atoms with Gasteiger partial charge in [0.05, 0.1) is 6.42 Å². The van der Waals surface area contributed by atoms with Gasteiger partial charge in [0, 0.05) is 42.7 Å². The molecule has 0 radical (unpaired) electrons. The highest BCUT2D eigenvalue weighted by Gasteiger charge is 2.36. The molecule has 0 unspecified atom stereocenters. The molecule has 3 heterocycles. The lowest BCUT2D eigenvalue weighted by atomic mass is 10.1. The lowest BCUT2D eigenvalue weighted by Crippen LogP contribution is -2.33. The molecular formula is C25H29FN4O2. The number of hydrogen-bond donors (Lipinski definition) is 0. The highest BCUT2D eigenvalue weighted by Crippen LogP contribution is 2.34. The Hall–Kier alpha value is -2.83. The number of anilines is 1. The number of rotatable bonds is 5. The third-order valence-electron chi connectivity index (χ3n) is 7.20. The molecule has 0 N–H and O–H groups in total. The first-order valence-corrected chi connectivity index (χ1v) is 11.7. The van der Waals surface area contributed by atoms with Gasteiger partial charge in [0.15, 0.2) is 0 Å². The number of fused-ring (bicyclic) bond motifs is 1. The van der Waals surface area contributed by atoms with E-state index in [-0.39, 0.29) is 23.6 Å². The Morgan fingerprint density at radius 1 is 1.12 bits per heavy atom. The van der Waals surface area contributed by atoms with Crippen LogP contribution in [0.1, 0.15) is 60.7 Å². The molecule has 2 aromatic rings. The van der Waals surface area contributed by atoms with Crippen LogP contribution < -0.4 is 4.90 Å². The second-order valence-corrected chi connectivity index (χ2v) is 9.32. The second kappa shape index (κ2) is 8.60. The summed E-state index contributed by atoms with van der Waals surface area (Å²) in [5.41, 5.74) is 2.73. The van der Waals surface area contributed by atoms with E-state index in [1.807, 2.05) is 11.8 Å². The van der Waals surface area contributed by atoms with E-state index in [1.54, 1.807) is 17.0 Å². The topological polar surface area (TPSA) is 66.4 Å². The molecule has 0 bridgehead atoms. The Kier molecular flexibility index (Phi) is 5.66. The SMILES string of the molecule is Cc1nc([C@H]2CCN(C(=O)C3CCCC3)C2)nc2c1CC(=O)N2CCc1ccc(F)cc1. The monoisotopic (exact) mass is 436 g/mol. The zero-order valence-electron chi connectivity index (χ0n) is 18.5. The number of benzene rings is 1. The fourth-order valence-corrected chi connectivity index (χ4v) is 5.30. The van der Waals surface area contributed by atoms with Gasteiger partial charge in [0.2, 0.25) is 11.8 Å². The fraction of sp³-hybridized carbons (Fsp3) is 0.520. The van der Waals surface area contributed by atoms with Gasteiger partial charge in [-0.15, -0.1) is 0 Å². The molecule has 2 fully saturated rings. The van der Waals surface area contributed by atoms with Gasteiger partial charge in [-0.3, -0.25) is 14.5 Å². The van der Waals surface area contributed by atoms with E-state index in [1.165, 1.54) is 12.1 Å². The van der Waals surface area contributed by atoms with Crippen molar-refractivity contribution in [3.05, 3.63) is 52.7 Å². The minimum absolute atomic E-state index is 0.0288. The summed E-state index contributed by atoms with van der Waals surface area (Å²) in [5.74, 6) is 1.81. The quantitative estimate of drug-likeness (QED) is 0.719. The van der Waals surface area contributed by atoms with E-state index in [0.717, 1.165) is 61.3 Å². The molecule has 5 rings (SSSR count). The summed E-state index contributed by atoms with van der Waals surface area (Å²) in [5, 5.41) is 0. The summed E-state index contributed by atoms with van der Waals surface area (Å²) in [6, 6.07) is 6.39. The van der Waals surface area contributed by atoms with E-state index in [4.69, 9.17) is 9.97 Å². The fourth-order valence-electron chi connectivity index (χ4n) is 5.30. The van der Waals surface area contributed by atoms with Crippen molar-refractivity contribution in [1.82, 2.24) is 14.9 Å². The van der Waals surface area contributed by atoms with E-state index in [2.05, 4.69) is 0 Å². The molecule has 1 aromatic heterocycles. The van der Waals surface area contributed by atoms with E-state index in [0.29, 0.717) is 37.7 Å². The molecule has 1 aromatic carbocycles. The third-order valence-corrected chi connectivity index (χ3v) is 7.20. The first-order valence-electron chi connectivity index (χ1n) is 11.7. The average molecular weight is 437 g/mol. The minimum Gasteiger partial charge on any atom is -0.342 e. The molecule has 6 nitrogen and oxygen atoms in total. The van der Waals surface area contributed by atoms with Crippen LogP contribution >= 0.6 is 0 Å². The number of likely N-dealkylation sites (tertiary alicyclic amines) is 1. The molecule has 2 aliphatic heterocycles. The first-order chi connectivity index (χ1) is 15.5. The normalized spacial score (nSPS) is 20.9. The number of hydrogen-bond acceptors (Lipinski definition) is 4. The molecule has 2 amide bonds. The van der Waals surface area contributed by atoms with Crippen LogP contribution in [0.3, 0.4) is 0 Å². The Morgan fingerprint density at radius 3 is 2.62 bits per heavy atom. The van der Waals surface area contributed by atoms with Crippen molar-refractivity contribution in [3.8, 4) is 0 Å². The van der Waals surface area contributed by atoms with Crippen LogP contribution in [0.5, 0.6) is 0 Å². The van der Waals surface area contributed by atoms with Gasteiger partial charge in [0.25, 0.3) is 0 Å². The smallest absolute Gasteiger partial charge is 0.232 e. The number of carbonyl (C=O) groups is 2. The molecule has 3 aliphatic rings. The molecule has 1 atom stereocenters. The zero-order valence-corrected chi connectivity index (χ0v) is 18.5. The first kappa shape index (κ1) is 21.0. The molecule has 7 heteroatoms. The summed E-state index contributed by atoms with van der Waals surface area (Å²) >= 11 is 0. The highest BCUT2D eigenvalue weighted by molar-refractivity contribution is 6.00. The average Bonchev–Trinajstić information content (AvgIpc) is 3.54. The Balaban J connectivity index is 1.32. The molecule has 1 saturated carbocycles. The van der Waals surface area contributed by atoms with Gasteiger partial charge < -0.3 is 4.90 Å². The van der Waals surface area contributed by atoms with Gasteiger partial charge >= 0.3 is 0 Å². The summed E-state index contributed by atoms with van der Waals surface area (Å²) < 4.78 is 13.2. The lowest BCUT2D eigenvalue weighted by molar-refractivity contribution is -0.134. The summed E-state index contributed by atoms with van der Waals surface area (Å²) in [4.78, 5) is 38.9. The van der Waals surface area contributed by atoms with Gasteiger partial charge in [-0.05, 0) is 50.3 Å². The van der Waals surface area contributed by atoms with Crippen LogP contribution in [0.15, 0.2) is 24.3 Å². The molecule has 168 valence electrons. The number of aryl methyl sites for hydroxylation is 1. The number of amides is 2. The second-order valence-electron chi connectivity index (χ2n) is 9.32. The van der Waals surface area contributed by atoms with Crippen molar-refractivity contribution in [2.24, 2.45) is 5.92 Å². The van der Waals surface area contributed by atoms with Crippen molar-refractivity contribution in [2.45, 2.75) is 57.8 Å². The van der Waals surface area contributed by atoms with Crippen LogP contribution in [0, 0.1) is 18.7 Å². The van der Waals surface area contributed by atoms with E-state index in [9.17, 15) is 14.0 Å². The Labute approximate surface area is 187 Å². The zero-order chi connectivity index (χ0) is 22.2. The standard InChI is InChI=1S/C25H29FN4O2/c1-16-21-14-22(31)30(13-10-17-6-8-20(26)9-7-17)24(21)28-23(27-16)19-11-12-29(15-19)25(32)18-4-2-3-5-18/h6-9,18-19H,2-5,10-15H2,1H3/t19-/m0/s1. The van der Waals surface area contributed by atoms with Crippen molar-refractivity contribution in [3.63, 3.8) is 0 Å². The van der Waals surface area contributed by atoms with Gasteiger partial charge in [-0.2, -0.15) is 0 Å². The van der Waals surface area contributed by atoms with Gasteiger partial charge in [-0.1, -0.05) is 25.0 Å². The largest absolute Gasteiger partial charge is 0.342 e. The van der Waals surface area contributed by atoms with Crippen molar-refractivity contribution in [1.29, 1.82) is 0 Å². The van der Waals surface area contributed by atoms with Crippen molar-refractivity contribution >= 4 is 17.6 Å².